The molecule has 2 aliphatic carbocycles. The molecule has 3 nitrogen and oxygen atoms in total. The van der Waals surface area contributed by atoms with Crippen LogP contribution in [0.5, 0.6) is 0 Å². The Morgan fingerprint density at radius 2 is 1.90 bits per heavy atom. The van der Waals surface area contributed by atoms with Crippen LogP contribution in [0.4, 0.5) is 0 Å². The van der Waals surface area contributed by atoms with Crippen molar-refractivity contribution in [3.8, 4) is 0 Å². The van der Waals surface area contributed by atoms with Crippen molar-refractivity contribution in [2.45, 2.75) is 56.0 Å². The van der Waals surface area contributed by atoms with E-state index in [4.69, 9.17) is 5.73 Å². The zero-order valence-electron chi connectivity index (χ0n) is 12.0. The Labute approximate surface area is 120 Å². The van der Waals surface area contributed by atoms with Gasteiger partial charge in [-0.05, 0) is 31.2 Å². The van der Waals surface area contributed by atoms with Crippen LogP contribution >= 0.6 is 0 Å². The Bertz CT molecular complexity index is 520. The van der Waals surface area contributed by atoms with Crippen molar-refractivity contribution in [1.29, 1.82) is 0 Å². The molecule has 20 heavy (non-hydrogen) atoms. The SMILES string of the molecule is NC1=NCC2(CCCCC2c2ccccc2)N1C1CC1. The molecule has 1 aromatic rings. The molecule has 2 unspecified atom stereocenters. The summed E-state index contributed by atoms with van der Waals surface area (Å²) in [5.41, 5.74) is 7.89. The normalized spacial score (nSPS) is 33.5. The maximum absolute atomic E-state index is 6.24. The monoisotopic (exact) mass is 269 g/mol. The molecule has 106 valence electrons. The van der Waals surface area contributed by atoms with E-state index in [-0.39, 0.29) is 5.54 Å². The molecule has 0 bridgehead atoms. The summed E-state index contributed by atoms with van der Waals surface area (Å²) < 4.78 is 0. The highest BCUT2D eigenvalue weighted by Crippen LogP contribution is 2.50. The second-order valence-corrected chi connectivity index (χ2v) is 6.59. The first kappa shape index (κ1) is 12.2. The Morgan fingerprint density at radius 1 is 1.10 bits per heavy atom. The number of aliphatic imine (C=N–C) groups is 1. The number of rotatable bonds is 2. The van der Waals surface area contributed by atoms with Crippen molar-refractivity contribution in [2.24, 2.45) is 10.7 Å². The van der Waals surface area contributed by atoms with Crippen LogP contribution in [0.1, 0.15) is 50.0 Å². The Kier molecular flexibility index (Phi) is 2.76. The van der Waals surface area contributed by atoms with Crippen LogP contribution in [-0.4, -0.2) is 29.0 Å². The first-order valence-electron chi connectivity index (χ1n) is 7.95. The van der Waals surface area contributed by atoms with Gasteiger partial charge in [-0.3, -0.25) is 4.99 Å². The van der Waals surface area contributed by atoms with Crippen LogP contribution < -0.4 is 5.73 Å². The third kappa shape index (κ3) is 1.75. The Hall–Kier alpha value is -1.51. The van der Waals surface area contributed by atoms with Crippen molar-refractivity contribution in [3.63, 3.8) is 0 Å². The molecule has 1 heterocycles. The topological polar surface area (TPSA) is 41.6 Å². The molecule has 0 radical (unpaired) electrons. The second kappa shape index (κ2) is 4.51. The van der Waals surface area contributed by atoms with Crippen molar-refractivity contribution in [1.82, 2.24) is 4.90 Å². The quantitative estimate of drug-likeness (QED) is 0.897. The van der Waals surface area contributed by atoms with Crippen molar-refractivity contribution >= 4 is 5.96 Å². The zero-order chi connectivity index (χ0) is 13.6. The van der Waals surface area contributed by atoms with Gasteiger partial charge in [0.2, 0.25) is 0 Å². The molecule has 2 saturated carbocycles. The minimum atomic E-state index is 0.171. The maximum atomic E-state index is 6.24. The number of hydrogen-bond acceptors (Lipinski definition) is 3. The lowest BCUT2D eigenvalue weighted by Gasteiger charge is -2.48. The minimum Gasteiger partial charge on any atom is -0.370 e. The van der Waals surface area contributed by atoms with Gasteiger partial charge in [0.25, 0.3) is 0 Å². The smallest absolute Gasteiger partial charge is 0.192 e. The van der Waals surface area contributed by atoms with Gasteiger partial charge in [0.05, 0.1) is 12.1 Å². The van der Waals surface area contributed by atoms with Gasteiger partial charge in [0.1, 0.15) is 0 Å². The molecule has 2 atom stereocenters. The molecule has 0 saturated heterocycles. The van der Waals surface area contributed by atoms with E-state index in [2.05, 4.69) is 40.2 Å². The van der Waals surface area contributed by atoms with E-state index in [0.717, 1.165) is 12.5 Å². The summed E-state index contributed by atoms with van der Waals surface area (Å²) in [4.78, 5) is 7.16. The van der Waals surface area contributed by atoms with Gasteiger partial charge in [0.15, 0.2) is 5.96 Å². The van der Waals surface area contributed by atoms with Crippen molar-refractivity contribution in [3.05, 3.63) is 35.9 Å². The average molecular weight is 269 g/mol. The third-order valence-corrected chi connectivity index (χ3v) is 5.36. The molecule has 3 heteroatoms. The summed E-state index contributed by atoms with van der Waals surface area (Å²) in [5.74, 6) is 1.39. The summed E-state index contributed by atoms with van der Waals surface area (Å²) in [6.45, 7) is 0.898. The average Bonchev–Trinajstić information content (AvgIpc) is 3.27. The molecule has 0 amide bonds. The standard InChI is InChI=1S/C17H23N3/c18-16-19-12-17(20(16)14-9-10-14)11-5-4-8-15(17)13-6-2-1-3-7-13/h1-3,6-7,14-15H,4-5,8-12H2,(H2,18,19). The van der Waals surface area contributed by atoms with E-state index in [1.807, 2.05) is 0 Å². The molecule has 1 aromatic carbocycles. The van der Waals surface area contributed by atoms with Gasteiger partial charge >= 0.3 is 0 Å². The predicted molar refractivity (Wildman–Crippen MR) is 81.7 cm³/mol. The predicted octanol–water partition coefficient (Wildman–Crippen LogP) is 2.88. The van der Waals surface area contributed by atoms with Crippen LogP contribution in [0.25, 0.3) is 0 Å². The lowest BCUT2D eigenvalue weighted by Crippen LogP contribution is -2.57. The number of hydrogen-bond donors (Lipinski definition) is 1. The van der Waals surface area contributed by atoms with E-state index < -0.39 is 0 Å². The molecule has 4 rings (SSSR count). The molecular weight excluding hydrogens is 246 g/mol. The molecule has 3 aliphatic rings. The summed E-state index contributed by atoms with van der Waals surface area (Å²) in [5, 5.41) is 0. The highest BCUT2D eigenvalue weighted by atomic mass is 15.4. The largest absolute Gasteiger partial charge is 0.370 e. The Morgan fingerprint density at radius 3 is 2.65 bits per heavy atom. The number of guanidine groups is 1. The van der Waals surface area contributed by atoms with Crippen LogP contribution in [0.2, 0.25) is 0 Å². The van der Waals surface area contributed by atoms with Crippen LogP contribution in [0.3, 0.4) is 0 Å². The van der Waals surface area contributed by atoms with Gasteiger partial charge in [-0.1, -0.05) is 43.2 Å². The number of nitrogens with zero attached hydrogens (tertiary/aromatic N) is 2. The van der Waals surface area contributed by atoms with E-state index >= 15 is 0 Å². The fraction of sp³-hybridized carbons (Fsp3) is 0.588. The Balaban J connectivity index is 1.74. The second-order valence-electron chi connectivity index (χ2n) is 6.59. The highest BCUT2D eigenvalue weighted by Gasteiger charge is 2.53. The first-order valence-corrected chi connectivity index (χ1v) is 7.95. The fourth-order valence-corrected chi connectivity index (χ4v) is 4.34. The van der Waals surface area contributed by atoms with Crippen LogP contribution in [-0.2, 0) is 0 Å². The molecule has 2 N–H and O–H groups in total. The number of benzene rings is 1. The van der Waals surface area contributed by atoms with Gasteiger partial charge in [-0.15, -0.1) is 0 Å². The lowest BCUT2D eigenvalue weighted by atomic mass is 9.69. The van der Waals surface area contributed by atoms with Gasteiger partial charge in [0, 0.05) is 12.0 Å². The van der Waals surface area contributed by atoms with Crippen molar-refractivity contribution < 1.29 is 0 Å². The molecule has 1 spiro atoms. The number of nitrogens with two attached hydrogens (primary N) is 1. The van der Waals surface area contributed by atoms with Gasteiger partial charge in [-0.25, -0.2) is 0 Å². The third-order valence-electron chi connectivity index (χ3n) is 5.36. The zero-order valence-corrected chi connectivity index (χ0v) is 12.0. The lowest BCUT2D eigenvalue weighted by molar-refractivity contribution is 0.108. The summed E-state index contributed by atoms with van der Waals surface area (Å²) in [6.07, 6.45) is 7.75. The van der Waals surface area contributed by atoms with Crippen molar-refractivity contribution in [2.75, 3.05) is 6.54 Å². The molecular formula is C17H23N3. The molecule has 0 aromatic heterocycles. The van der Waals surface area contributed by atoms with E-state index in [0.29, 0.717) is 12.0 Å². The van der Waals surface area contributed by atoms with E-state index in [9.17, 15) is 0 Å². The van der Waals surface area contributed by atoms with Crippen LogP contribution in [0.15, 0.2) is 35.3 Å². The highest BCUT2D eigenvalue weighted by molar-refractivity contribution is 5.82. The summed E-state index contributed by atoms with van der Waals surface area (Å²) >= 11 is 0. The van der Waals surface area contributed by atoms with E-state index in [1.54, 1.807) is 0 Å². The molecule has 2 fully saturated rings. The fourth-order valence-electron chi connectivity index (χ4n) is 4.34. The summed E-state index contributed by atoms with van der Waals surface area (Å²) in [7, 11) is 0. The maximum Gasteiger partial charge on any atom is 0.192 e. The van der Waals surface area contributed by atoms with Gasteiger partial charge < -0.3 is 10.6 Å². The minimum absolute atomic E-state index is 0.171. The van der Waals surface area contributed by atoms with Gasteiger partial charge in [-0.2, -0.15) is 0 Å². The van der Waals surface area contributed by atoms with Crippen LogP contribution in [0, 0.1) is 0 Å². The molecule has 1 aliphatic heterocycles. The summed E-state index contributed by atoms with van der Waals surface area (Å²) in [6, 6.07) is 11.7. The first-order chi connectivity index (χ1) is 9.81. The van der Waals surface area contributed by atoms with E-state index in [1.165, 1.54) is 44.1 Å².